The fourth-order valence-corrected chi connectivity index (χ4v) is 5.25. The van der Waals surface area contributed by atoms with E-state index in [2.05, 4.69) is 25.8 Å². The standard InChI is InChI=1S/C24H25N5O5/c1-14(30)25-16-3-8-19-15(11-16)12-24(21(31)26-23(33)27-22(24)32)20-13-28(9-10-29(19)20)17-4-6-18(34-2)7-5-17/h3-8,11,20H,9-10,12-13H2,1-2H3,(H,25,30)(H2,26,27,31,32,33)/t20-/m0/s1. The van der Waals surface area contributed by atoms with Crippen molar-refractivity contribution in [1.29, 1.82) is 0 Å². The minimum Gasteiger partial charge on any atom is -0.497 e. The van der Waals surface area contributed by atoms with Crippen molar-refractivity contribution in [2.45, 2.75) is 19.4 Å². The normalized spacial score (nSPS) is 20.8. The summed E-state index contributed by atoms with van der Waals surface area (Å²) in [6.45, 7) is 3.07. The molecule has 10 nitrogen and oxygen atoms in total. The van der Waals surface area contributed by atoms with Crippen molar-refractivity contribution in [3.63, 3.8) is 0 Å². The number of anilines is 3. The molecule has 0 aliphatic carbocycles. The lowest BCUT2D eigenvalue weighted by atomic mass is 9.68. The van der Waals surface area contributed by atoms with E-state index in [4.69, 9.17) is 4.74 Å². The Bertz CT molecular complexity index is 1170. The molecule has 1 atom stereocenters. The summed E-state index contributed by atoms with van der Waals surface area (Å²) in [5.41, 5.74) is 1.72. The molecule has 2 aromatic carbocycles. The molecule has 1 spiro atoms. The monoisotopic (exact) mass is 463 g/mol. The third kappa shape index (κ3) is 3.42. The lowest BCUT2D eigenvalue weighted by molar-refractivity contribution is -0.146. The molecule has 5 amide bonds. The van der Waals surface area contributed by atoms with Gasteiger partial charge in [-0.05, 0) is 54.4 Å². The van der Waals surface area contributed by atoms with Gasteiger partial charge in [0.15, 0.2) is 5.41 Å². The Balaban J connectivity index is 1.57. The lowest BCUT2D eigenvalue weighted by Crippen LogP contribution is -2.74. The van der Waals surface area contributed by atoms with Gasteiger partial charge in [0.1, 0.15) is 5.75 Å². The van der Waals surface area contributed by atoms with Gasteiger partial charge in [-0.2, -0.15) is 0 Å². The fraction of sp³-hybridized carbons (Fsp3) is 0.333. The highest BCUT2D eigenvalue weighted by molar-refractivity contribution is 6.20. The van der Waals surface area contributed by atoms with Crippen LogP contribution >= 0.6 is 0 Å². The number of carbonyl (C=O) groups excluding carboxylic acids is 4. The van der Waals surface area contributed by atoms with E-state index < -0.39 is 29.3 Å². The van der Waals surface area contributed by atoms with Gasteiger partial charge in [0.25, 0.3) is 0 Å². The molecule has 3 N–H and O–H groups in total. The molecule has 10 heteroatoms. The first kappa shape index (κ1) is 21.7. The predicted octanol–water partition coefficient (Wildman–Crippen LogP) is 1.26. The van der Waals surface area contributed by atoms with Crippen LogP contribution < -0.4 is 30.5 Å². The fourth-order valence-electron chi connectivity index (χ4n) is 5.25. The van der Waals surface area contributed by atoms with Crippen LogP contribution in [0.5, 0.6) is 5.75 Å². The number of urea groups is 1. The first-order chi connectivity index (χ1) is 16.3. The van der Waals surface area contributed by atoms with E-state index in [-0.39, 0.29) is 12.3 Å². The molecule has 3 aliphatic heterocycles. The number of benzene rings is 2. The van der Waals surface area contributed by atoms with E-state index in [9.17, 15) is 19.2 Å². The summed E-state index contributed by atoms with van der Waals surface area (Å²) in [6, 6.07) is 11.8. The molecule has 2 saturated heterocycles. The number of rotatable bonds is 3. The zero-order chi connectivity index (χ0) is 24.0. The number of carbonyl (C=O) groups is 4. The summed E-state index contributed by atoms with van der Waals surface area (Å²) in [5.74, 6) is -0.688. The highest BCUT2D eigenvalue weighted by Crippen LogP contribution is 2.45. The van der Waals surface area contributed by atoms with Crippen molar-refractivity contribution in [2.24, 2.45) is 5.41 Å². The number of hydrogen-bond acceptors (Lipinski definition) is 7. The van der Waals surface area contributed by atoms with Gasteiger partial charge >= 0.3 is 6.03 Å². The molecule has 3 heterocycles. The molecule has 0 saturated carbocycles. The molecule has 0 aromatic heterocycles. The topological polar surface area (TPSA) is 120 Å². The van der Waals surface area contributed by atoms with Crippen molar-refractivity contribution < 1.29 is 23.9 Å². The van der Waals surface area contributed by atoms with Crippen LogP contribution in [-0.4, -0.2) is 56.5 Å². The second-order valence-electron chi connectivity index (χ2n) is 8.76. The second kappa shape index (κ2) is 8.05. The van der Waals surface area contributed by atoms with Gasteiger partial charge in [-0.15, -0.1) is 0 Å². The van der Waals surface area contributed by atoms with Crippen LogP contribution in [0.15, 0.2) is 42.5 Å². The Morgan fingerprint density at radius 1 is 1.06 bits per heavy atom. The van der Waals surface area contributed by atoms with Gasteiger partial charge in [0.2, 0.25) is 17.7 Å². The quantitative estimate of drug-likeness (QED) is 0.586. The largest absolute Gasteiger partial charge is 0.497 e. The number of imide groups is 2. The Morgan fingerprint density at radius 3 is 2.41 bits per heavy atom. The van der Waals surface area contributed by atoms with Gasteiger partial charge in [0.05, 0.1) is 13.2 Å². The minimum atomic E-state index is -1.50. The zero-order valence-corrected chi connectivity index (χ0v) is 18.9. The Labute approximate surface area is 196 Å². The van der Waals surface area contributed by atoms with Crippen molar-refractivity contribution in [3.8, 4) is 5.75 Å². The summed E-state index contributed by atoms with van der Waals surface area (Å²) in [6.07, 6.45) is 0.109. The molecular formula is C24H25N5O5. The van der Waals surface area contributed by atoms with Gasteiger partial charge in [0, 0.05) is 43.6 Å². The lowest BCUT2D eigenvalue weighted by Gasteiger charge is -2.54. The molecule has 34 heavy (non-hydrogen) atoms. The summed E-state index contributed by atoms with van der Waals surface area (Å²) >= 11 is 0. The van der Waals surface area contributed by atoms with Crippen LogP contribution in [0.4, 0.5) is 21.9 Å². The van der Waals surface area contributed by atoms with Gasteiger partial charge < -0.3 is 19.9 Å². The minimum absolute atomic E-state index is 0.109. The molecule has 0 radical (unpaired) electrons. The molecule has 5 rings (SSSR count). The zero-order valence-electron chi connectivity index (χ0n) is 18.9. The second-order valence-corrected chi connectivity index (χ2v) is 8.76. The number of piperazine rings is 1. The molecule has 176 valence electrons. The van der Waals surface area contributed by atoms with E-state index in [1.54, 1.807) is 13.2 Å². The van der Waals surface area contributed by atoms with E-state index >= 15 is 0 Å². The third-order valence-electron chi connectivity index (χ3n) is 6.83. The molecule has 0 bridgehead atoms. The van der Waals surface area contributed by atoms with Gasteiger partial charge in [-0.3, -0.25) is 25.0 Å². The maximum atomic E-state index is 13.3. The van der Waals surface area contributed by atoms with Crippen LogP contribution in [0.3, 0.4) is 0 Å². The maximum absolute atomic E-state index is 13.3. The number of nitrogens with zero attached hydrogens (tertiary/aromatic N) is 2. The average molecular weight is 463 g/mol. The maximum Gasteiger partial charge on any atom is 0.328 e. The van der Waals surface area contributed by atoms with Gasteiger partial charge in [-0.25, -0.2) is 4.79 Å². The van der Waals surface area contributed by atoms with Crippen LogP contribution in [0.25, 0.3) is 0 Å². The average Bonchev–Trinajstić information content (AvgIpc) is 2.81. The van der Waals surface area contributed by atoms with Crippen molar-refractivity contribution in [1.82, 2.24) is 10.6 Å². The van der Waals surface area contributed by atoms with Gasteiger partial charge in [-0.1, -0.05) is 0 Å². The summed E-state index contributed by atoms with van der Waals surface area (Å²) in [7, 11) is 1.61. The SMILES string of the molecule is COc1ccc(N2CCN3c4ccc(NC(C)=O)cc4CC4(C(=O)NC(=O)NC4=O)[C@@H]3C2)cc1. The van der Waals surface area contributed by atoms with E-state index in [0.717, 1.165) is 22.7 Å². The first-order valence-electron chi connectivity index (χ1n) is 11.0. The molecule has 3 aliphatic rings. The molecule has 0 unspecified atom stereocenters. The molecular weight excluding hydrogens is 438 g/mol. The number of hydrogen-bond donors (Lipinski definition) is 3. The summed E-state index contributed by atoms with van der Waals surface area (Å²) in [4.78, 5) is 54.3. The van der Waals surface area contributed by atoms with Crippen LogP contribution in [0.2, 0.25) is 0 Å². The smallest absolute Gasteiger partial charge is 0.328 e. The van der Waals surface area contributed by atoms with E-state index in [1.165, 1.54) is 6.92 Å². The summed E-state index contributed by atoms with van der Waals surface area (Å²) < 4.78 is 5.25. The number of ether oxygens (including phenoxy) is 1. The van der Waals surface area contributed by atoms with E-state index in [1.807, 2.05) is 36.4 Å². The highest BCUT2D eigenvalue weighted by Gasteiger charge is 2.60. The number of methoxy groups -OCH3 is 1. The van der Waals surface area contributed by atoms with Crippen LogP contribution in [-0.2, 0) is 20.8 Å². The van der Waals surface area contributed by atoms with Crippen LogP contribution in [0.1, 0.15) is 12.5 Å². The van der Waals surface area contributed by atoms with Crippen molar-refractivity contribution >= 4 is 40.8 Å². The Morgan fingerprint density at radius 2 is 1.76 bits per heavy atom. The van der Waals surface area contributed by atoms with E-state index in [0.29, 0.717) is 25.3 Å². The number of barbiturate groups is 1. The molecule has 2 fully saturated rings. The summed E-state index contributed by atoms with van der Waals surface area (Å²) in [5, 5.41) is 7.37. The number of fused-ring (bicyclic) bond motifs is 4. The first-order valence-corrected chi connectivity index (χ1v) is 11.0. The van der Waals surface area contributed by atoms with Crippen molar-refractivity contribution in [3.05, 3.63) is 48.0 Å². The highest BCUT2D eigenvalue weighted by atomic mass is 16.5. The molecule has 2 aromatic rings. The number of amides is 5. The Hall–Kier alpha value is -4.08. The Kier molecular flexibility index (Phi) is 5.15. The predicted molar refractivity (Wildman–Crippen MR) is 125 cm³/mol. The van der Waals surface area contributed by atoms with Crippen LogP contribution in [0, 0.1) is 5.41 Å². The van der Waals surface area contributed by atoms with Crippen molar-refractivity contribution in [2.75, 3.05) is 41.9 Å². The third-order valence-corrected chi connectivity index (χ3v) is 6.83. The number of nitrogens with one attached hydrogen (secondary N) is 3.